The molecule has 1 aromatic rings. The largest absolute Gasteiger partial charge is 0.342 e. The summed E-state index contributed by atoms with van der Waals surface area (Å²) in [6.45, 7) is 10.3. The summed E-state index contributed by atoms with van der Waals surface area (Å²) in [6, 6.07) is 0. The SMILES string of the molecule is C=C1Cc2nc(C(C)(C)C)cnc2N1. The first-order valence-electron chi connectivity index (χ1n) is 4.78. The lowest BCUT2D eigenvalue weighted by Gasteiger charge is -2.17. The van der Waals surface area contributed by atoms with Gasteiger partial charge in [0.25, 0.3) is 0 Å². The third-order valence-corrected chi connectivity index (χ3v) is 2.29. The number of rotatable bonds is 0. The van der Waals surface area contributed by atoms with Crippen LogP contribution in [-0.2, 0) is 11.8 Å². The molecule has 1 aliphatic rings. The van der Waals surface area contributed by atoms with Gasteiger partial charge >= 0.3 is 0 Å². The second kappa shape index (κ2) is 2.80. The molecular formula is C11H15N3. The lowest BCUT2D eigenvalue weighted by Crippen LogP contribution is -2.14. The second-order valence-corrected chi connectivity index (χ2v) is 4.71. The van der Waals surface area contributed by atoms with E-state index in [0.717, 1.165) is 29.3 Å². The Balaban J connectivity index is 2.43. The molecule has 0 saturated carbocycles. The highest BCUT2D eigenvalue weighted by atomic mass is 15.1. The first kappa shape index (κ1) is 9.19. The van der Waals surface area contributed by atoms with Gasteiger partial charge in [0.05, 0.1) is 17.6 Å². The second-order valence-electron chi connectivity index (χ2n) is 4.71. The number of allylic oxidation sites excluding steroid dienone is 1. The van der Waals surface area contributed by atoms with E-state index < -0.39 is 0 Å². The number of hydrogen-bond acceptors (Lipinski definition) is 3. The Morgan fingerprint density at radius 2 is 2.14 bits per heavy atom. The first-order valence-corrected chi connectivity index (χ1v) is 4.78. The van der Waals surface area contributed by atoms with Gasteiger partial charge in [0.1, 0.15) is 0 Å². The van der Waals surface area contributed by atoms with Crippen LogP contribution in [0.1, 0.15) is 32.2 Å². The molecule has 3 nitrogen and oxygen atoms in total. The molecule has 0 aromatic carbocycles. The number of aromatic nitrogens is 2. The Bertz CT molecular complexity index is 388. The minimum atomic E-state index is 0.0615. The Morgan fingerprint density at radius 1 is 1.43 bits per heavy atom. The smallest absolute Gasteiger partial charge is 0.152 e. The molecule has 0 bridgehead atoms. The number of fused-ring (bicyclic) bond motifs is 1. The summed E-state index contributed by atoms with van der Waals surface area (Å²) in [5.41, 5.74) is 3.09. The van der Waals surface area contributed by atoms with Crippen molar-refractivity contribution in [1.29, 1.82) is 0 Å². The summed E-state index contributed by atoms with van der Waals surface area (Å²) in [6.07, 6.45) is 2.64. The lowest BCUT2D eigenvalue weighted by molar-refractivity contribution is 0.563. The molecule has 0 radical (unpaired) electrons. The fourth-order valence-electron chi connectivity index (χ4n) is 1.43. The van der Waals surface area contributed by atoms with Crippen molar-refractivity contribution < 1.29 is 0 Å². The zero-order valence-electron chi connectivity index (χ0n) is 8.89. The van der Waals surface area contributed by atoms with E-state index >= 15 is 0 Å². The molecule has 3 heteroatoms. The van der Waals surface area contributed by atoms with Crippen molar-refractivity contribution in [2.75, 3.05) is 5.32 Å². The van der Waals surface area contributed by atoms with Crippen LogP contribution in [0.25, 0.3) is 0 Å². The minimum Gasteiger partial charge on any atom is -0.342 e. The molecule has 0 unspecified atom stereocenters. The predicted octanol–water partition coefficient (Wildman–Crippen LogP) is 2.26. The van der Waals surface area contributed by atoms with E-state index in [4.69, 9.17) is 0 Å². The summed E-state index contributed by atoms with van der Waals surface area (Å²) in [7, 11) is 0. The van der Waals surface area contributed by atoms with E-state index in [-0.39, 0.29) is 5.41 Å². The summed E-state index contributed by atoms with van der Waals surface area (Å²) in [4.78, 5) is 8.93. The van der Waals surface area contributed by atoms with Gasteiger partial charge in [-0.05, 0) is 0 Å². The number of nitrogens with one attached hydrogen (secondary N) is 1. The fraction of sp³-hybridized carbons (Fsp3) is 0.455. The van der Waals surface area contributed by atoms with E-state index in [0.29, 0.717) is 0 Å². The van der Waals surface area contributed by atoms with E-state index in [1.54, 1.807) is 0 Å². The van der Waals surface area contributed by atoms with Gasteiger partial charge in [0, 0.05) is 17.5 Å². The van der Waals surface area contributed by atoms with Crippen molar-refractivity contribution >= 4 is 5.82 Å². The number of nitrogens with zero attached hydrogens (tertiary/aromatic N) is 2. The normalized spacial score (nSPS) is 15.2. The van der Waals surface area contributed by atoms with Gasteiger partial charge in [0.15, 0.2) is 5.82 Å². The summed E-state index contributed by atoms with van der Waals surface area (Å²) < 4.78 is 0. The molecule has 0 fully saturated rings. The van der Waals surface area contributed by atoms with Gasteiger partial charge in [-0.15, -0.1) is 0 Å². The Labute approximate surface area is 84.3 Å². The van der Waals surface area contributed by atoms with Gasteiger partial charge in [0.2, 0.25) is 0 Å². The van der Waals surface area contributed by atoms with Crippen molar-refractivity contribution in [2.45, 2.75) is 32.6 Å². The maximum absolute atomic E-state index is 4.59. The number of hydrogen-bond donors (Lipinski definition) is 1. The first-order chi connectivity index (χ1) is 6.47. The summed E-state index contributed by atoms with van der Waals surface area (Å²) in [5.74, 6) is 0.864. The quantitative estimate of drug-likeness (QED) is 0.680. The highest BCUT2D eigenvalue weighted by Gasteiger charge is 2.21. The van der Waals surface area contributed by atoms with Crippen LogP contribution in [0.3, 0.4) is 0 Å². The highest BCUT2D eigenvalue weighted by molar-refractivity contribution is 5.53. The molecule has 0 spiro atoms. The van der Waals surface area contributed by atoms with E-state index in [1.165, 1.54) is 0 Å². The average molecular weight is 189 g/mol. The fourth-order valence-corrected chi connectivity index (χ4v) is 1.43. The zero-order valence-corrected chi connectivity index (χ0v) is 8.89. The minimum absolute atomic E-state index is 0.0615. The maximum atomic E-state index is 4.59. The van der Waals surface area contributed by atoms with Gasteiger partial charge in [-0.1, -0.05) is 27.4 Å². The lowest BCUT2D eigenvalue weighted by atomic mass is 9.92. The molecule has 1 N–H and O–H groups in total. The molecular weight excluding hydrogens is 174 g/mol. The van der Waals surface area contributed by atoms with Crippen LogP contribution in [0, 0.1) is 0 Å². The van der Waals surface area contributed by atoms with Gasteiger partial charge < -0.3 is 5.32 Å². The van der Waals surface area contributed by atoms with Crippen LogP contribution in [0.4, 0.5) is 5.82 Å². The maximum Gasteiger partial charge on any atom is 0.152 e. The standard InChI is InChI=1S/C11H15N3/c1-7-5-8-10(13-7)12-6-9(14-8)11(2,3)4/h6H,1,5H2,2-4H3,(H,12,13). The van der Waals surface area contributed by atoms with E-state index in [2.05, 4.69) is 42.6 Å². The van der Waals surface area contributed by atoms with Crippen LogP contribution >= 0.6 is 0 Å². The molecule has 74 valence electrons. The van der Waals surface area contributed by atoms with Crippen LogP contribution in [0.2, 0.25) is 0 Å². The molecule has 1 aliphatic heterocycles. The van der Waals surface area contributed by atoms with Gasteiger partial charge in [-0.2, -0.15) is 0 Å². The third-order valence-electron chi connectivity index (χ3n) is 2.29. The van der Waals surface area contributed by atoms with Crippen molar-refractivity contribution in [3.8, 4) is 0 Å². The molecule has 2 rings (SSSR count). The monoisotopic (exact) mass is 189 g/mol. The molecule has 0 atom stereocenters. The van der Waals surface area contributed by atoms with Crippen LogP contribution in [-0.4, -0.2) is 9.97 Å². The van der Waals surface area contributed by atoms with Crippen molar-refractivity contribution in [3.63, 3.8) is 0 Å². The molecule has 0 saturated heterocycles. The molecule has 0 aliphatic carbocycles. The van der Waals surface area contributed by atoms with Crippen LogP contribution in [0.5, 0.6) is 0 Å². The van der Waals surface area contributed by atoms with Crippen molar-refractivity contribution in [3.05, 3.63) is 29.9 Å². The highest BCUT2D eigenvalue weighted by Crippen LogP contribution is 2.26. The summed E-state index contributed by atoms with van der Waals surface area (Å²) in [5, 5.41) is 3.11. The topological polar surface area (TPSA) is 37.8 Å². The Hall–Kier alpha value is -1.38. The predicted molar refractivity (Wildman–Crippen MR) is 57.2 cm³/mol. The Morgan fingerprint density at radius 3 is 2.79 bits per heavy atom. The zero-order chi connectivity index (χ0) is 10.3. The third kappa shape index (κ3) is 1.50. The Kier molecular flexibility index (Phi) is 1.84. The van der Waals surface area contributed by atoms with Crippen molar-refractivity contribution in [1.82, 2.24) is 9.97 Å². The van der Waals surface area contributed by atoms with E-state index in [1.807, 2.05) is 6.20 Å². The summed E-state index contributed by atoms with van der Waals surface area (Å²) >= 11 is 0. The molecule has 1 aromatic heterocycles. The average Bonchev–Trinajstić information content (AvgIpc) is 2.41. The van der Waals surface area contributed by atoms with E-state index in [9.17, 15) is 0 Å². The van der Waals surface area contributed by atoms with Gasteiger partial charge in [-0.3, -0.25) is 4.98 Å². The molecule has 14 heavy (non-hydrogen) atoms. The van der Waals surface area contributed by atoms with Crippen molar-refractivity contribution in [2.24, 2.45) is 0 Å². The van der Waals surface area contributed by atoms with Gasteiger partial charge in [-0.25, -0.2) is 4.98 Å². The van der Waals surface area contributed by atoms with Crippen LogP contribution in [0.15, 0.2) is 18.5 Å². The molecule has 0 amide bonds. The molecule has 2 heterocycles. The van der Waals surface area contributed by atoms with Crippen LogP contribution < -0.4 is 5.32 Å². The number of anilines is 1.